The molecule has 0 bridgehead atoms. The first-order valence-electron chi connectivity index (χ1n) is 20.3. The van der Waals surface area contributed by atoms with Gasteiger partial charge in [-0.25, -0.2) is 0 Å². The number of anilines is 4. The number of hydrogen-bond acceptors (Lipinski definition) is 6. The van der Waals surface area contributed by atoms with Gasteiger partial charge in [0.2, 0.25) is 11.8 Å². The van der Waals surface area contributed by atoms with Crippen LogP contribution < -0.4 is 20.4 Å². The normalized spacial score (nSPS) is 26.7. The molecule has 52 heavy (non-hydrogen) atoms. The Morgan fingerprint density at radius 1 is 0.673 bits per heavy atom. The molecule has 0 aromatic heterocycles. The van der Waals surface area contributed by atoms with E-state index in [1.54, 1.807) is 0 Å². The van der Waals surface area contributed by atoms with Gasteiger partial charge in [-0.3, -0.25) is 9.59 Å². The highest BCUT2D eigenvalue weighted by atomic mass is 16.3. The summed E-state index contributed by atoms with van der Waals surface area (Å²) in [5.74, 6) is -1.46. The summed E-state index contributed by atoms with van der Waals surface area (Å²) in [5, 5.41) is 31.1. The van der Waals surface area contributed by atoms with Crippen LogP contribution >= 0.6 is 0 Å². The fraction of sp³-hybridized carbons (Fsp3) is 0.682. The van der Waals surface area contributed by atoms with E-state index < -0.39 is 24.0 Å². The number of nitrogens with zero attached hydrogens (tertiary/aromatic N) is 2. The van der Waals surface area contributed by atoms with Gasteiger partial charge in [-0.05, 0) is 73.9 Å². The minimum absolute atomic E-state index is 0.0115. The van der Waals surface area contributed by atoms with E-state index >= 15 is 0 Å². The molecule has 288 valence electrons. The lowest BCUT2D eigenvalue weighted by Crippen LogP contribution is -2.52. The predicted octanol–water partition coefficient (Wildman–Crippen LogP) is 8.83. The second-order valence-corrected chi connectivity index (χ2v) is 17.4. The topological polar surface area (TPSA) is 105 Å². The van der Waals surface area contributed by atoms with Crippen LogP contribution in [0.1, 0.15) is 155 Å². The van der Waals surface area contributed by atoms with Crippen LogP contribution in [0.3, 0.4) is 0 Å². The Labute approximate surface area is 314 Å². The Balaban J connectivity index is 1.58. The Kier molecular flexibility index (Phi) is 11.8. The van der Waals surface area contributed by atoms with Crippen LogP contribution in [0.5, 0.6) is 0 Å². The summed E-state index contributed by atoms with van der Waals surface area (Å²) < 4.78 is 0. The summed E-state index contributed by atoms with van der Waals surface area (Å²) in [6, 6.07) is 8.85. The smallest absolute Gasteiger partial charge is 0.227 e. The van der Waals surface area contributed by atoms with Crippen LogP contribution in [-0.4, -0.2) is 60.4 Å². The molecule has 4 N–H and O–H groups in total. The van der Waals surface area contributed by atoms with Crippen molar-refractivity contribution < 1.29 is 19.8 Å². The number of likely N-dealkylation sites (N-methyl/N-ethyl adjacent to an activating group) is 2. The van der Waals surface area contributed by atoms with Crippen molar-refractivity contribution in [1.29, 1.82) is 0 Å². The van der Waals surface area contributed by atoms with Crippen LogP contribution in [-0.2, 0) is 20.4 Å². The van der Waals surface area contributed by atoms with Gasteiger partial charge in [0.05, 0.1) is 12.2 Å². The van der Waals surface area contributed by atoms with Gasteiger partial charge in [-0.1, -0.05) is 93.2 Å². The van der Waals surface area contributed by atoms with Gasteiger partial charge in [0.25, 0.3) is 0 Å². The lowest BCUT2D eigenvalue weighted by molar-refractivity contribution is -0.121. The van der Waals surface area contributed by atoms with Crippen molar-refractivity contribution in [2.75, 3.05) is 34.5 Å². The number of carbonyl (C=O) groups is 2. The van der Waals surface area contributed by atoms with Crippen LogP contribution in [0, 0.1) is 11.8 Å². The average Bonchev–Trinajstić information content (AvgIpc) is 3.37. The van der Waals surface area contributed by atoms with E-state index in [-0.39, 0.29) is 46.6 Å². The maximum atomic E-state index is 13.8. The molecule has 2 aromatic rings. The van der Waals surface area contributed by atoms with Crippen molar-refractivity contribution >= 4 is 34.6 Å². The Bertz CT molecular complexity index is 1510. The highest BCUT2D eigenvalue weighted by molar-refractivity contribution is 5.96. The SMILES string of the molecule is CCCCC(CC)C(=O)Nc1cc2c(cc1C1C(O)C(c3cc4c(cc3NC(=O)C(CC)CCCC)N(C)C(C)C4(C)C)C1O)C(C)(C)C(C)N2C. The van der Waals surface area contributed by atoms with Crippen molar-refractivity contribution in [1.82, 2.24) is 0 Å². The highest BCUT2D eigenvalue weighted by Gasteiger charge is 2.54. The number of aliphatic hydroxyl groups is 2. The lowest BCUT2D eigenvalue weighted by Gasteiger charge is -2.48. The number of fused-ring (bicyclic) bond motifs is 2. The summed E-state index contributed by atoms with van der Waals surface area (Å²) >= 11 is 0. The zero-order valence-electron chi connectivity index (χ0n) is 34.2. The molecule has 2 aliphatic heterocycles. The van der Waals surface area contributed by atoms with Gasteiger partial charge in [-0.2, -0.15) is 0 Å². The Morgan fingerprint density at radius 2 is 1.02 bits per heavy atom. The minimum Gasteiger partial charge on any atom is -0.392 e. The third-order valence-corrected chi connectivity index (χ3v) is 14.0. The predicted molar refractivity (Wildman–Crippen MR) is 216 cm³/mol. The monoisotopic (exact) mass is 717 g/mol. The van der Waals surface area contributed by atoms with E-state index in [2.05, 4.69) is 128 Å². The molecule has 2 heterocycles. The van der Waals surface area contributed by atoms with Gasteiger partial charge in [0.15, 0.2) is 0 Å². The number of rotatable bonds is 14. The molecule has 2 aromatic carbocycles. The Morgan fingerprint density at radius 3 is 1.33 bits per heavy atom. The van der Waals surface area contributed by atoms with E-state index in [1.807, 2.05) is 0 Å². The second kappa shape index (κ2) is 15.3. The first-order chi connectivity index (χ1) is 24.5. The van der Waals surface area contributed by atoms with Crippen molar-refractivity contribution in [2.24, 2.45) is 11.8 Å². The fourth-order valence-corrected chi connectivity index (χ4v) is 9.28. The van der Waals surface area contributed by atoms with Gasteiger partial charge in [0, 0.05) is 83.4 Å². The Hall–Kier alpha value is -3.10. The van der Waals surface area contributed by atoms with E-state index in [0.717, 1.165) is 85.0 Å². The van der Waals surface area contributed by atoms with Crippen molar-refractivity contribution in [3.05, 3.63) is 46.5 Å². The molecular formula is C44H68N4O4. The number of amides is 2. The van der Waals surface area contributed by atoms with Crippen LogP contribution in [0.25, 0.3) is 0 Å². The first-order valence-corrected chi connectivity index (χ1v) is 20.3. The summed E-state index contributed by atoms with van der Waals surface area (Å²) in [6.07, 6.45) is 5.33. The number of nitrogens with one attached hydrogen (secondary N) is 2. The number of aliphatic hydroxyl groups excluding tert-OH is 2. The maximum Gasteiger partial charge on any atom is 0.227 e. The summed E-state index contributed by atoms with van der Waals surface area (Å²) in [7, 11) is 4.19. The van der Waals surface area contributed by atoms with Gasteiger partial charge >= 0.3 is 0 Å². The van der Waals surface area contributed by atoms with Crippen molar-refractivity contribution in [3.63, 3.8) is 0 Å². The highest BCUT2D eigenvalue weighted by Crippen LogP contribution is 2.56. The molecule has 4 atom stereocenters. The largest absolute Gasteiger partial charge is 0.392 e. The van der Waals surface area contributed by atoms with Gasteiger partial charge in [-0.15, -0.1) is 0 Å². The van der Waals surface area contributed by atoms with Gasteiger partial charge in [0.1, 0.15) is 0 Å². The second-order valence-electron chi connectivity index (χ2n) is 17.4. The zero-order chi connectivity index (χ0) is 38.4. The molecule has 0 spiro atoms. The zero-order valence-corrected chi connectivity index (χ0v) is 34.2. The summed E-state index contributed by atoms with van der Waals surface area (Å²) in [5.41, 5.74) is 6.96. The fourth-order valence-electron chi connectivity index (χ4n) is 9.28. The molecule has 4 unspecified atom stereocenters. The van der Waals surface area contributed by atoms with Gasteiger partial charge < -0.3 is 30.6 Å². The van der Waals surface area contributed by atoms with E-state index in [9.17, 15) is 19.8 Å². The van der Waals surface area contributed by atoms with E-state index in [1.165, 1.54) is 0 Å². The number of hydrogen-bond donors (Lipinski definition) is 4. The molecule has 8 nitrogen and oxygen atoms in total. The van der Waals surface area contributed by atoms with Crippen LogP contribution in [0.4, 0.5) is 22.7 Å². The molecule has 0 saturated heterocycles. The van der Waals surface area contributed by atoms with Crippen molar-refractivity contribution in [3.8, 4) is 0 Å². The number of benzene rings is 2. The van der Waals surface area contributed by atoms with E-state index in [4.69, 9.17) is 0 Å². The molecule has 8 heteroatoms. The summed E-state index contributed by atoms with van der Waals surface area (Å²) in [4.78, 5) is 32.1. The maximum absolute atomic E-state index is 13.8. The average molecular weight is 717 g/mol. The number of unbranched alkanes of at least 4 members (excludes halogenated alkanes) is 2. The molecule has 1 aliphatic carbocycles. The molecular weight excluding hydrogens is 649 g/mol. The molecule has 0 radical (unpaired) electrons. The van der Waals surface area contributed by atoms with E-state index in [0.29, 0.717) is 11.4 Å². The number of carbonyl (C=O) groups excluding carboxylic acids is 2. The quantitative estimate of drug-likeness (QED) is 0.156. The minimum atomic E-state index is -0.930. The van der Waals surface area contributed by atoms with Crippen molar-refractivity contribution in [2.45, 2.75) is 168 Å². The lowest BCUT2D eigenvalue weighted by atomic mass is 9.61. The molecule has 1 saturated carbocycles. The molecule has 2 amide bonds. The molecule has 3 aliphatic rings. The van der Waals surface area contributed by atoms with Crippen LogP contribution in [0.15, 0.2) is 24.3 Å². The molecule has 1 fully saturated rings. The summed E-state index contributed by atoms with van der Waals surface area (Å²) in [6.45, 7) is 21.8. The van der Waals surface area contributed by atoms with Crippen LogP contribution in [0.2, 0.25) is 0 Å². The first kappa shape index (κ1) is 40.1. The molecule has 5 rings (SSSR count). The standard InChI is InChI=1S/C44H68N4O4/c1-13-17-19-27(15-3)41(51)45-33-23-35-31(43(7,8)25(5)47(35)11)21-29(33)37-39(49)38(40(37)50)30-22-32-36(48(12)26(6)44(32,9)10)24-34(30)46-42(52)28(16-4)20-18-14-2/h21-28,37-40,49-50H,13-20H2,1-12H3,(H,45,51)(H,46,52). The third-order valence-electron chi connectivity index (χ3n) is 14.0. The third kappa shape index (κ3) is 6.76.